The first-order valence-corrected chi connectivity index (χ1v) is 11.7. The number of nitrogens with one attached hydrogen (secondary N) is 3. The maximum Gasteiger partial charge on any atom is 0.320 e. The number of hydrogen-bond donors (Lipinski definition) is 3. The quantitative estimate of drug-likeness (QED) is 0.546. The highest BCUT2D eigenvalue weighted by Crippen LogP contribution is 2.39. The summed E-state index contributed by atoms with van der Waals surface area (Å²) < 4.78 is 7.13. The highest BCUT2D eigenvalue weighted by molar-refractivity contribution is 6.33. The first-order valence-electron chi connectivity index (χ1n) is 11.3. The third-order valence-electron chi connectivity index (χ3n) is 6.36. The fourth-order valence-electron chi connectivity index (χ4n) is 4.73. The van der Waals surface area contributed by atoms with Gasteiger partial charge in [0, 0.05) is 55.3 Å². The summed E-state index contributed by atoms with van der Waals surface area (Å²) in [6.45, 7) is 6.95. The van der Waals surface area contributed by atoms with Gasteiger partial charge in [-0.05, 0) is 43.6 Å². The van der Waals surface area contributed by atoms with Crippen LogP contribution in [-0.4, -0.2) is 53.1 Å². The number of amides is 2. The Kier molecular flexibility index (Phi) is 7.02. The van der Waals surface area contributed by atoms with Crippen molar-refractivity contribution in [2.24, 2.45) is 5.41 Å². The Morgan fingerprint density at radius 1 is 1.22 bits per heavy atom. The molecule has 2 aliphatic rings. The monoisotopic (exact) mass is 460 g/mol. The van der Waals surface area contributed by atoms with Crippen LogP contribution in [0.1, 0.15) is 45.2 Å². The molecule has 3 heterocycles. The topological polar surface area (TPSA) is 93.1 Å². The van der Waals surface area contributed by atoms with Gasteiger partial charge in [0.25, 0.3) is 0 Å². The van der Waals surface area contributed by atoms with Gasteiger partial charge >= 0.3 is 6.03 Å². The van der Waals surface area contributed by atoms with Crippen LogP contribution in [0.4, 0.5) is 10.6 Å². The highest BCUT2D eigenvalue weighted by Gasteiger charge is 2.32. The fourth-order valence-corrected chi connectivity index (χ4v) is 4.94. The molecule has 3 N–H and O–H groups in total. The van der Waals surface area contributed by atoms with Crippen molar-refractivity contribution in [3.05, 3.63) is 29.2 Å². The van der Waals surface area contributed by atoms with Crippen molar-refractivity contribution >= 4 is 23.4 Å². The number of carbonyl (C=O) groups is 1. The normalized spacial score (nSPS) is 21.9. The number of methoxy groups -OCH3 is 1. The zero-order chi connectivity index (χ0) is 22.7. The van der Waals surface area contributed by atoms with Crippen LogP contribution in [0.2, 0.25) is 5.02 Å². The lowest BCUT2D eigenvalue weighted by Crippen LogP contribution is -2.44. The molecule has 1 aliphatic carbocycles. The average Bonchev–Trinajstić information content (AvgIpc) is 3.26. The standard InChI is InChI=1S/C23H33ClN6O2/c1-23(2)11-20-18(12-27-30(20)14-23)17-10-21(26-13-19(17)24)29-22(31)28-16-6-4-15(5-7-16)25-8-9-32-3/h10,12-13,15-16,25H,4-9,11,14H2,1-3H3,(H2,26,28,29,31). The summed E-state index contributed by atoms with van der Waals surface area (Å²) in [5.41, 5.74) is 3.20. The number of anilines is 1. The summed E-state index contributed by atoms with van der Waals surface area (Å²) >= 11 is 6.47. The van der Waals surface area contributed by atoms with Crippen LogP contribution in [0, 0.1) is 5.41 Å². The van der Waals surface area contributed by atoms with Gasteiger partial charge in [-0.1, -0.05) is 25.4 Å². The zero-order valence-electron chi connectivity index (χ0n) is 19.1. The maximum absolute atomic E-state index is 12.6. The molecule has 1 saturated carbocycles. The Hall–Kier alpha value is -2.16. The molecule has 2 amide bonds. The third kappa shape index (κ3) is 5.42. The smallest absolute Gasteiger partial charge is 0.320 e. The summed E-state index contributed by atoms with van der Waals surface area (Å²) in [5, 5.41) is 14.5. The Labute approximate surface area is 194 Å². The SMILES string of the molecule is COCCNC1CCC(NC(=O)Nc2cc(-c3cnn4c3CC(C)(C)C4)c(Cl)cn2)CC1. The summed E-state index contributed by atoms with van der Waals surface area (Å²) in [7, 11) is 1.71. The summed E-state index contributed by atoms with van der Waals surface area (Å²) in [6.07, 6.45) is 8.38. The number of hydrogen-bond acceptors (Lipinski definition) is 5. The Morgan fingerprint density at radius 2 is 1.97 bits per heavy atom. The molecule has 0 radical (unpaired) electrons. The number of fused-ring (bicyclic) bond motifs is 1. The number of carbonyl (C=O) groups excluding carboxylic acids is 1. The van der Waals surface area contributed by atoms with Gasteiger partial charge in [-0.15, -0.1) is 0 Å². The molecule has 8 nitrogen and oxygen atoms in total. The minimum atomic E-state index is -0.233. The van der Waals surface area contributed by atoms with E-state index in [9.17, 15) is 4.79 Å². The molecular weight excluding hydrogens is 428 g/mol. The minimum Gasteiger partial charge on any atom is -0.383 e. The predicted molar refractivity (Wildman–Crippen MR) is 126 cm³/mol. The van der Waals surface area contributed by atoms with Crippen LogP contribution in [0.3, 0.4) is 0 Å². The van der Waals surface area contributed by atoms with Crippen LogP contribution in [-0.2, 0) is 17.7 Å². The molecule has 32 heavy (non-hydrogen) atoms. The van der Waals surface area contributed by atoms with Crippen LogP contribution < -0.4 is 16.0 Å². The molecule has 1 fully saturated rings. The Bertz CT molecular complexity index is 952. The van der Waals surface area contributed by atoms with Gasteiger partial charge in [-0.2, -0.15) is 5.10 Å². The molecule has 0 aromatic carbocycles. The van der Waals surface area contributed by atoms with Gasteiger partial charge < -0.3 is 15.4 Å². The molecule has 0 spiro atoms. The molecule has 2 aromatic rings. The van der Waals surface area contributed by atoms with Gasteiger partial charge in [-0.3, -0.25) is 10.00 Å². The van der Waals surface area contributed by atoms with Crippen LogP contribution >= 0.6 is 11.6 Å². The Balaban J connectivity index is 1.35. The molecule has 0 bridgehead atoms. The van der Waals surface area contributed by atoms with Gasteiger partial charge in [-0.25, -0.2) is 9.78 Å². The number of urea groups is 1. The molecule has 0 unspecified atom stereocenters. The summed E-state index contributed by atoms with van der Waals surface area (Å²) in [6, 6.07) is 2.27. The van der Waals surface area contributed by atoms with Crippen LogP contribution in [0.25, 0.3) is 11.1 Å². The van der Waals surface area contributed by atoms with Gasteiger partial charge in [0.15, 0.2) is 0 Å². The number of pyridine rings is 1. The maximum atomic E-state index is 12.6. The zero-order valence-corrected chi connectivity index (χ0v) is 19.8. The van der Waals surface area contributed by atoms with Crippen LogP contribution in [0.5, 0.6) is 0 Å². The van der Waals surface area contributed by atoms with Crippen molar-refractivity contribution < 1.29 is 9.53 Å². The second kappa shape index (κ2) is 9.77. The second-order valence-electron chi connectivity index (χ2n) is 9.65. The first-order chi connectivity index (χ1) is 15.3. The third-order valence-corrected chi connectivity index (χ3v) is 6.66. The summed E-state index contributed by atoms with van der Waals surface area (Å²) in [5.74, 6) is 0.481. The van der Waals surface area contributed by atoms with E-state index < -0.39 is 0 Å². The van der Waals surface area contributed by atoms with Crippen molar-refractivity contribution in [1.82, 2.24) is 25.4 Å². The molecule has 1 aliphatic heterocycles. The highest BCUT2D eigenvalue weighted by atomic mass is 35.5. The lowest BCUT2D eigenvalue weighted by atomic mass is 9.89. The number of rotatable bonds is 7. The molecule has 0 saturated heterocycles. The number of aromatic nitrogens is 3. The van der Waals surface area contributed by atoms with Crippen molar-refractivity contribution in [3.8, 4) is 11.1 Å². The van der Waals surface area contributed by atoms with E-state index >= 15 is 0 Å². The van der Waals surface area contributed by atoms with E-state index in [1.54, 1.807) is 13.3 Å². The molecule has 0 atom stereocenters. The van der Waals surface area contributed by atoms with E-state index in [2.05, 4.69) is 39.9 Å². The molecule has 9 heteroatoms. The average molecular weight is 461 g/mol. The van der Waals surface area contributed by atoms with Gasteiger partial charge in [0.1, 0.15) is 5.82 Å². The van der Waals surface area contributed by atoms with Crippen molar-refractivity contribution in [1.29, 1.82) is 0 Å². The van der Waals surface area contributed by atoms with Crippen LogP contribution in [0.15, 0.2) is 18.5 Å². The summed E-state index contributed by atoms with van der Waals surface area (Å²) in [4.78, 5) is 16.9. The molecule has 174 valence electrons. The van der Waals surface area contributed by atoms with E-state index in [1.165, 1.54) is 5.69 Å². The first kappa shape index (κ1) is 23.0. The van der Waals surface area contributed by atoms with Crippen molar-refractivity contribution in [2.45, 2.75) is 64.6 Å². The molecular formula is C23H33ClN6O2. The van der Waals surface area contributed by atoms with Gasteiger partial charge in [0.05, 0.1) is 17.8 Å². The number of ether oxygens (including phenoxy) is 1. The largest absolute Gasteiger partial charge is 0.383 e. The lowest BCUT2D eigenvalue weighted by Gasteiger charge is -2.29. The van der Waals surface area contributed by atoms with E-state index in [0.29, 0.717) is 16.9 Å². The van der Waals surface area contributed by atoms with Crippen molar-refractivity contribution in [3.63, 3.8) is 0 Å². The Morgan fingerprint density at radius 3 is 2.72 bits per heavy atom. The molecule has 4 rings (SSSR count). The number of nitrogens with zero attached hydrogens (tertiary/aromatic N) is 3. The van der Waals surface area contributed by atoms with Gasteiger partial charge in [0.2, 0.25) is 0 Å². The van der Waals surface area contributed by atoms with E-state index in [-0.39, 0.29) is 17.5 Å². The van der Waals surface area contributed by atoms with E-state index in [4.69, 9.17) is 16.3 Å². The molecule has 2 aromatic heterocycles. The fraction of sp³-hybridized carbons (Fsp3) is 0.609. The second-order valence-corrected chi connectivity index (χ2v) is 10.1. The van der Waals surface area contributed by atoms with Crippen molar-refractivity contribution in [2.75, 3.05) is 25.6 Å². The predicted octanol–water partition coefficient (Wildman–Crippen LogP) is 3.85. The van der Waals surface area contributed by atoms with E-state index in [0.717, 1.165) is 62.9 Å². The minimum absolute atomic E-state index is 0.170. The lowest BCUT2D eigenvalue weighted by molar-refractivity contribution is 0.190. The number of halogens is 1. The van der Waals surface area contributed by atoms with E-state index in [1.807, 2.05) is 16.9 Å².